The van der Waals surface area contributed by atoms with Gasteiger partial charge in [0.2, 0.25) is 0 Å². The summed E-state index contributed by atoms with van der Waals surface area (Å²) in [7, 11) is 1.97. The number of anilines is 2. The molecule has 2 fully saturated rings. The van der Waals surface area contributed by atoms with Crippen molar-refractivity contribution in [1.29, 1.82) is 0 Å². The van der Waals surface area contributed by atoms with Crippen LogP contribution in [-0.2, 0) is 7.05 Å². The molecule has 1 saturated heterocycles. The predicted octanol–water partition coefficient (Wildman–Crippen LogP) is 2.16. The number of hydrogen-bond donors (Lipinski definition) is 2. The Labute approximate surface area is 151 Å². The fourth-order valence-corrected chi connectivity index (χ4v) is 4.07. The highest BCUT2D eigenvalue weighted by atomic mass is 32.1. The van der Waals surface area contributed by atoms with Crippen molar-refractivity contribution in [3.05, 3.63) is 22.8 Å². The van der Waals surface area contributed by atoms with Crippen LogP contribution in [0.15, 0.2) is 11.4 Å². The van der Waals surface area contributed by atoms with Crippen molar-refractivity contribution in [2.75, 3.05) is 23.3 Å². The number of hydrogen-bond acceptors (Lipinski definition) is 6. The normalized spacial score (nSPS) is 20.6. The first-order chi connectivity index (χ1) is 12.1. The number of aromatic nitrogens is 3. The standard InChI is InChI=1S/C17H24N6OS/c1-11-8-15(22(2)21-11)23-7-3-4-13(9-23)18-16(24)14-10-25-17(20-14)19-12-5-6-12/h8,10,12-13H,3-7,9H2,1-2H3,(H,18,24)(H,19,20). The van der Waals surface area contributed by atoms with Crippen LogP contribution < -0.4 is 15.5 Å². The third-order valence-corrected chi connectivity index (χ3v) is 5.47. The molecule has 0 bridgehead atoms. The molecule has 4 rings (SSSR count). The van der Waals surface area contributed by atoms with Crippen LogP contribution in [0.3, 0.4) is 0 Å². The van der Waals surface area contributed by atoms with Crippen molar-refractivity contribution in [3.63, 3.8) is 0 Å². The molecule has 134 valence electrons. The molecule has 25 heavy (non-hydrogen) atoms. The quantitative estimate of drug-likeness (QED) is 0.855. The largest absolute Gasteiger partial charge is 0.359 e. The van der Waals surface area contributed by atoms with E-state index in [2.05, 4.69) is 31.7 Å². The number of piperidine rings is 1. The van der Waals surface area contributed by atoms with Gasteiger partial charge in [-0.25, -0.2) is 4.98 Å². The predicted molar refractivity (Wildman–Crippen MR) is 99.4 cm³/mol. The van der Waals surface area contributed by atoms with E-state index < -0.39 is 0 Å². The summed E-state index contributed by atoms with van der Waals surface area (Å²) < 4.78 is 1.91. The van der Waals surface area contributed by atoms with Gasteiger partial charge in [0.25, 0.3) is 5.91 Å². The Hall–Kier alpha value is -2.09. The molecule has 7 nitrogen and oxygen atoms in total. The number of nitrogens with one attached hydrogen (secondary N) is 2. The van der Waals surface area contributed by atoms with Crippen LogP contribution >= 0.6 is 11.3 Å². The summed E-state index contributed by atoms with van der Waals surface area (Å²) in [5, 5.41) is 13.6. The van der Waals surface area contributed by atoms with E-state index >= 15 is 0 Å². The van der Waals surface area contributed by atoms with Crippen molar-refractivity contribution >= 4 is 28.2 Å². The van der Waals surface area contributed by atoms with Gasteiger partial charge in [-0.05, 0) is 32.6 Å². The van der Waals surface area contributed by atoms with E-state index in [0.717, 1.165) is 42.6 Å². The average Bonchev–Trinajstić information content (AvgIpc) is 3.15. The zero-order valence-corrected chi connectivity index (χ0v) is 15.5. The fourth-order valence-electron chi connectivity index (χ4n) is 3.30. The molecule has 1 saturated carbocycles. The van der Waals surface area contributed by atoms with Crippen LogP contribution in [0, 0.1) is 6.92 Å². The highest BCUT2D eigenvalue weighted by Gasteiger charge is 2.26. The molecule has 0 radical (unpaired) electrons. The Bertz CT molecular complexity index is 765. The van der Waals surface area contributed by atoms with Gasteiger partial charge in [-0.2, -0.15) is 5.10 Å². The first kappa shape index (κ1) is 16.4. The Morgan fingerprint density at radius 1 is 1.32 bits per heavy atom. The molecule has 1 amide bonds. The topological polar surface area (TPSA) is 75.1 Å². The van der Waals surface area contributed by atoms with Crippen molar-refractivity contribution < 1.29 is 4.79 Å². The van der Waals surface area contributed by atoms with Crippen LogP contribution in [0.4, 0.5) is 10.9 Å². The van der Waals surface area contributed by atoms with E-state index in [0.29, 0.717) is 11.7 Å². The summed E-state index contributed by atoms with van der Waals surface area (Å²) >= 11 is 1.51. The lowest BCUT2D eigenvalue weighted by Gasteiger charge is -2.34. The van der Waals surface area contributed by atoms with Crippen LogP contribution in [0.2, 0.25) is 0 Å². The smallest absolute Gasteiger partial charge is 0.271 e. The van der Waals surface area contributed by atoms with Gasteiger partial charge in [0.1, 0.15) is 11.5 Å². The fraction of sp³-hybridized carbons (Fsp3) is 0.588. The SMILES string of the molecule is Cc1cc(N2CCCC(NC(=O)c3csc(NC4CC4)n3)C2)n(C)n1. The van der Waals surface area contributed by atoms with Crippen molar-refractivity contribution in [3.8, 4) is 0 Å². The van der Waals surface area contributed by atoms with Gasteiger partial charge in [0.05, 0.1) is 5.69 Å². The maximum Gasteiger partial charge on any atom is 0.271 e. The highest BCUT2D eigenvalue weighted by Crippen LogP contribution is 2.27. The Morgan fingerprint density at radius 2 is 2.16 bits per heavy atom. The van der Waals surface area contributed by atoms with Crippen LogP contribution in [0.1, 0.15) is 41.9 Å². The van der Waals surface area contributed by atoms with Gasteiger partial charge in [0, 0.05) is 43.7 Å². The zero-order valence-electron chi connectivity index (χ0n) is 14.7. The molecule has 1 aliphatic carbocycles. The molecule has 2 N–H and O–H groups in total. The molecular weight excluding hydrogens is 336 g/mol. The molecule has 1 atom stereocenters. The molecule has 0 spiro atoms. The number of carbonyl (C=O) groups excluding carboxylic acids is 1. The molecule has 8 heteroatoms. The second-order valence-corrected chi connectivity index (χ2v) is 7.84. The van der Waals surface area contributed by atoms with E-state index in [1.54, 1.807) is 0 Å². The minimum absolute atomic E-state index is 0.0758. The first-order valence-corrected chi connectivity index (χ1v) is 9.75. The van der Waals surface area contributed by atoms with Crippen molar-refractivity contribution in [1.82, 2.24) is 20.1 Å². The van der Waals surface area contributed by atoms with Crippen LogP contribution in [-0.4, -0.2) is 45.8 Å². The molecule has 1 aliphatic heterocycles. The minimum atomic E-state index is -0.0758. The maximum atomic E-state index is 12.5. The lowest BCUT2D eigenvalue weighted by Crippen LogP contribution is -2.48. The Balaban J connectivity index is 1.37. The molecule has 0 aromatic carbocycles. The highest BCUT2D eigenvalue weighted by molar-refractivity contribution is 7.13. The summed E-state index contributed by atoms with van der Waals surface area (Å²) in [5.74, 6) is 1.04. The van der Waals surface area contributed by atoms with Crippen LogP contribution in [0.25, 0.3) is 0 Å². The Morgan fingerprint density at radius 3 is 2.88 bits per heavy atom. The number of amides is 1. The van der Waals surface area contributed by atoms with E-state index in [9.17, 15) is 4.79 Å². The third-order valence-electron chi connectivity index (χ3n) is 4.70. The summed E-state index contributed by atoms with van der Waals surface area (Å²) in [6.45, 7) is 3.81. The molecule has 2 aromatic heterocycles. The van der Waals surface area contributed by atoms with Gasteiger partial charge in [-0.1, -0.05) is 0 Å². The molecule has 1 unspecified atom stereocenters. The summed E-state index contributed by atoms with van der Waals surface area (Å²) in [6.07, 6.45) is 4.45. The number of carbonyl (C=O) groups is 1. The zero-order chi connectivity index (χ0) is 17.4. The second kappa shape index (κ2) is 6.67. The monoisotopic (exact) mass is 360 g/mol. The van der Waals surface area contributed by atoms with Gasteiger partial charge >= 0.3 is 0 Å². The van der Waals surface area contributed by atoms with E-state index in [4.69, 9.17) is 0 Å². The average molecular weight is 360 g/mol. The third kappa shape index (κ3) is 3.78. The Kier molecular flexibility index (Phi) is 4.37. The van der Waals surface area contributed by atoms with Gasteiger partial charge < -0.3 is 15.5 Å². The number of nitrogens with zero attached hydrogens (tertiary/aromatic N) is 4. The lowest BCUT2D eigenvalue weighted by molar-refractivity contribution is 0.0929. The maximum absolute atomic E-state index is 12.5. The lowest BCUT2D eigenvalue weighted by atomic mass is 10.1. The summed E-state index contributed by atoms with van der Waals surface area (Å²) in [4.78, 5) is 19.2. The van der Waals surface area contributed by atoms with E-state index in [-0.39, 0.29) is 11.9 Å². The number of aryl methyl sites for hydroxylation is 2. The van der Waals surface area contributed by atoms with Crippen molar-refractivity contribution in [2.24, 2.45) is 7.05 Å². The number of thiazole rings is 1. The van der Waals surface area contributed by atoms with Gasteiger partial charge in [-0.15, -0.1) is 11.3 Å². The first-order valence-electron chi connectivity index (χ1n) is 8.87. The molecule has 2 aliphatic rings. The van der Waals surface area contributed by atoms with E-state index in [1.807, 2.05) is 24.0 Å². The van der Waals surface area contributed by atoms with E-state index in [1.165, 1.54) is 24.2 Å². The summed E-state index contributed by atoms with van der Waals surface area (Å²) in [5.41, 5.74) is 1.53. The minimum Gasteiger partial charge on any atom is -0.359 e. The number of rotatable bonds is 5. The summed E-state index contributed by atoms with van der Waals surface area (Å²) in [6, 6.07) is 2.79. The van der Waals surface area contributed by atoms with Gasteiger partial charge in [-0.3, -0.25) is 9.48 Å². The molecule has 3 heterocycles. The van der Waals surface area contributed by atoms with Gasteiger partial charge in [0.15, 0.2) is 5.13 Å². The van der Waals surface area contributed by atoms with Crippen molar-refractivity contribution in [2.45, 2.75) is 44.7 Å². The molecular formula is C17H24N6OS. The second-order valence-electron chi connectivity index (χ2n) is 6.98. The van der Waals surface area contributed by atoms with Crippen LogP contribution in [0.5, 0.6) is 0 Å². The molecule has 2 aromatic rings.